The lowest BCUT2D eigenvalue weighted by atomic mass is 10.1. The van der Waals surface area contributed by atoms with Gasteiger partial charge >= 0.3 is 0 Å². The fraction of sp³-hybridized carbons (Fsp3) is 0.533. The first-order valence-electron chi connectivity index (χ1n) is 7.20. The molecule has 0 heterocycles. The maximum absolute atomic E-state index is 12.1. The standard InChI is InChI=1S/C15H21ClN2O2S/c1-2-3-4-5-6-7-10-18-21(19,20)15-9-8-13(12-17)11-14(15)16/h8-9,11,18H,2-7,10H2,1H3. The lowest BCUT2D eigenvalue weighted by Crippen LogP contribution is -2.25. The van der Waals surface area contributed by atoms with E-state index in [0.717, 1.165) is 19.3 Å². The molecule has 1 aromatic carbocycles. The molecule has 0 unspecified atom stereocenters. The molecule has 1 aromatic rings. The topological polar surface area (TPSA) is 70.0 Å². The number of nitrogens with zero attached hydrogens (tertiary/aromatic N) is 1. The van der Waals surface area contributed by atoms with Crippen LogP contribution in [0.25, 0.3) is 0 Å². The van der Waals surface area contributed by atoms with E-state index in [1.54, 1.807) is 0 Å². The Morgan fingerprint density at radius 3 is 2.48 bits per heavy atom. The van der Waals surface area contributed by atoms with Crippen molar-refractivity contribution in [3.63, 3.8) is 0 Å². The van der Waals surface area contributed by atoms with Gasteiger partial charge in [0.25, 0.3) is 0 Å². The van der Waals surface area contributed by atoms with Gasteiger partial charge in [-0.2, -0.15) is 5.26 Å². The van der Waals surface area contributed by atoms with Crippen molar-refractivity contribution in [2.75, 3.05) is 6.54 Å². The van der Waals surface area contributed by atoms with Crippen molar-refractivity contribution in [1.29, 1.82) is 5.26 Å². The van der Waals surface area contributed by atoms with E-state index < -0.39 is 10.0 Å². The quantitative estimate of drug-likeness (QED) is 0.700. The summed E-state index contributed by atoms with van der Waals surface area (Å²) in [6, 6.07) is 6.10. The van der Waals surface area contributed by atoms with Crippen LogP contribution in [0.1, 0.15) is 51.0 Å². The van der Waals surface area contributed by atoms with Crippen LogP contribution >= 0.6 is 11.6 Å². The second kappa shape index (κ2) is 9.04. The smallest absolute Gasteiger partial charge is 0.211 e. The van der Waals surface area contributed by atoms with Gasteiger partial charge in [0, 0.05) is 6.54 Å². The fourth-order valence-electron chi connectivity index (χ4n) is 1.98. The highest BCUT2D eigenvalue weighted by atomic mass is 35.5. The predicted molar refractivity (Wildman–Crippen MR) is 84.7 cm³/mol. The van der Waals surface area contributed by atoms with Gasteiger partial charge in [-0.05, 0) is 24.6 Å². The van der Waals surface area contributed by atoms with E-state index in [-0.39, 0.29) is 9.92 Å². The number of halogens is 1. The molecule has 0 saturated heterocycles. The van der Waals surface area contributed by atoms with Crippen LogP contribution in [0.15, 0.2) is 23.1 Å². The lowest BCUT2D eigenvalue weighted by Gasteiger charge is -2.08. The molecule has 0 aliphatic rings. The van der Waals surface area contributed by atoms with E-state index in [2.05, 4.69) is 11.6 Å². The Balaban J connectivity index is 2.49. The summed E-state index contributed by atoms with van der Waals surface area (Å²) in [5, 5.41) is 8.82. The zero-order chi connectivity index (χ0) is 15.7. The van der Waals surface area contributed by atoms with Crippen molar-refractivity contribution < 1.29 is 8.42 Å². The highest BCUT2D eigenvalue weighted by molar-refractivity contribution is 7.89. The largest absolute Gasteiger partial charge is 0.242 e. The van der Waals surface area contributed by atoms with Gasteiger partial charge in [0.05, 0.1) is 16.7 Å². The van der Waals surface area contributed by atoms with Crippen LogP contribution in [-0.4, -0.2) is 15.0 Å². The van der Waals surface area contributed by atoms with E-state index in [1.807, 2.05) is 6.07 Å². The van der Waals surface area contributed by atoms with Crippen LogP contribution in [0, 0.1) is 11.3 Å². The molecule has 0 aromatic heterocycles. The molecular weight excluding hydrogens is 308 g/mol. The monoisotopic (exact) mass is 328 g/mol. The molecule has 6 heteroatoms. The molecule has 116 valence electrons. The predicted octanol–water partition coefficient (Wildman–Crippen LogP) is 3.85. The minimum atomic E-state index is -3.60. The summed E-state index contributed by atoms with van der Waals surface area (Å²) in [5.74, 6) is 0. The molecule has 0 atom stereocenters. The number of nitrogens with one attached hydrogen (secondary N) is 1. The van der Waals surface area contributed by atoms with Gasteiger partial charge in [-0.1, -0.05) is 50.6 Å². The van der Waals surface area contributed by atoms with E-state index in [4.69, 9.17) is 16.9 Å². The number of nitriles is 1. The molecule has 4 nitrogen and oxygen atoms in total. The highest BCUT2D eigenvalue weighted by Crippen LogP contribution is 2.22. The summed E-state index contributed by atoms with van der Waals surface area (Å²) < 4.78 is 26.8. The Morgan fingerprint density at radius 2 is 1.86 bits per heavy atom. The van der Waals surface area contributed by atoms with Crippen LogP contribution in [0.2, 0.25) is 5.02 Å². The van der Waals surface area contributed by atoms with Gasteiger partial charge in [0.2, 0.25) is 10.0 Å². The number of hydrogen-bond acceptors (Lipinski definition) is 3. The molecule has 0 saturated carbocycles. The molecule has 0 fully saturated rings. The van der Waals surface area contributed by atoms with E-state index in [0.29, 0.717) is 12.1 Å². The van der Waals surface area contributed by atoms with Crippen LogP contribution in [0.4, 0.5) is 0 Å². The number of benzene rings is 1. The number of unbranched alkanes of at least 4 members (excludes halogenated alkanes) is 5. The van der Waals surface area contributed by atoms with Crippen molar-refractivity contribution in [2.24, 2.45) is 0 Å². The molecule has 0 aliphatic heterocycles. The third-order valence-electron chi connectivity index (χ3n) is 3.17. The normalized spacial score (nSPS) is 11.3. The fourth-order valence-corrected chi connectivity index (χ4v) is 3.59. The van der Waals surface area contributed by atoms with Crippen molar-refractivity contribution >= 4 is 21.6 Å². The molecule has 0 amide bonds. The first-order valence-corrected chi connectivity index (χ1v) is 9.06. The van der Waals surface area contributed by atoms with Gasteiger partial charge in [0.15, 0.2) is 0 Å². The zero-order valence-corrected chi connectivity index (χ0v) is 13.8. The molecule has 21 heavy (non-hydrogen) atoms. The Bertz CT molecular complexity index is 594. The summed E-state index contributed by atoms with van der Waals surface area (Å²) >= 11 is 5.92. The summed E-state index contributed by atoms with van der Waals surface area (Å²) in [6.07, 6.45) is 6.59. The number of sulfonamides is 1. The van der Waals surface area contributed by atoms with Crippen molar-refractivity contribution in [1.82, 2.24) is 4.72 Å². The second-order valence-electron chi connectivity index (χ2n) is 4.92. The van der Waals surface area contributed by atoms with Gasteiger partial charge < -0.3 is 0 Å². The van der Waals surface area contributed by atoms with Gasteiger partial charge in [0.1, 0.15) is 4.90 Å². The lowest BCUT2D eigenvalue weighted by molar-refractivity contribution is 0.567. The van der Waals surface area contributed by atoms with E-state index in [1.165, 1.54) is 37.5 Å². The summed E-state index contributed by atoms with van der Waals surface area (Å²) in [7, 11) is -3.60. The minimum Gasteiger partial charge on any atom is -0.211 e. The summed E-state index contributed by atoms with van der Waals surface area (Å²) in [6.45, 7) is 2.57. The average molecular weight is 329 g/mol. The third-order valence-corrected chi connectivity index (χ3v) is 5.12. The van der Waals surface area contributed by atoms with Crippen LogP contribution in [0.5, 0.6) is 0 Å². The first-order chi connectivity index (χ1) is 10.0. The molecular formula is C15H21ClN2O2S. The maximum atomic E-state index is 12.1. The minimum absolute atomic E-state index is 0.0224. The Hall–Kier alpha value is -1.09. The third kappa shape index (κ3) is 6.04. The molecule has 0 radical (unpaired) electrons. The molecule has 0 aliphatic carbocycles. The Labute approximate surface area is 132 Å². The van der Waals surface area contributed by atoms with Crippen LogP contribution in [-0.2, 0) is 10.0 Å². The van der Waals surface area contributed by atoms with Gasteiger partial charge in [-0.15, -0.1) is 0 Å². The van der Waals surface area contributed by atoms with Gasteiger partial charge in [-0.25, -0.2) is 13.1 Å². The van der Waals surface area contributed by atoms with Crippen molar-refractivity contribution in [2.45, 2.75) is 50.3 Å². The molecule has 0 bridgehead atoms. The Morgan fingerprint density at radius 1 is 1.19 bits per heavy atom. The van der Waals surface area contributed by atoms with Crippen molar-refractivity contribution in [3.05, 3.63) is 28.8 Å². The van der Waals surface area contributed by atoms with E-state index >= 15 is 0 Å². The Kier molecular flexibility index (Phi) is 7.73. The molecule has 1 N–H and O–H groups in total. The summed E-state index contributed by atoms with van der Waals surface area (Å²) in [5.41, 5.74) is 0.342. The number of hydrogen-bond donors (Lipinski definition) is 1. The first kappa shape index (κ1) is 18.0. The van der Waals surface area contributed by atoms with Gasteiger partial charge in [-0.3, -0.25) is 0 Å². The average Bonchev–Trinajstić information content (AvgIpc) is 2.45. The highest BCUT2D eigenvalue weighted by Gasteiger charge is 2.17. The van der Waals surface area contributed by atoms with Crippen LogP contribution in [0.3, 0.4) is 0 Å². The zero-order valence-electron chi connectivity index (χ0n) is 12.2. The number of rotatable bonds is 9. The molecule has 1 rings (SSSR count). The van der Waals surface area contributed by atoms with Crippen molar-refractivity contribution in [3.8, 4) is 6.07 Å². The maximum Gasteiger partial charge on any atom is 0.242 e. The summed E-state index contributed by atoms with van der Waals surface area (Å²) in [4.78, 5) is 0.0224. The SMILES string of the molecule is CCCCCCCCNS(=O)(=O)c1ccc(C#N)cc1Cl. The van der Waals surface area contributed by atoms with E-state index in [9.17, 15) is 8.42 Å². The van der Waals surface area contributed by atoms with Crippen LogP contribution < -0.4 is 4.72 Å². The molecule has 0 spiro atoms. The second-order valence-corrected chi connectivity index (χ2v) is 7.07.